The van der Waals surface area contributed by atoms with Gasteiger partial charge < -0.3 is 25.4 Å². The molecule has 1 saturated heterocycles. The van der Waals surface area contributed by atoms with Crippen LogP contribution in [0, 0.1) is 0 Å². The summed E-state index contributed by atoms with van der Waals surface area (Å²) in [6.45, 7) is -0.249. The Bertz CT molecular complexity index is 632. The highest BCUT2D eigenvalue weighted by molar-refractivity contribution is 5.81. The van der Waals surface area contributed by atoms with Gasteiger partial charge >= 0.3 is 0 Å². The number of methoxy groups -OCH3 is 1. The number of aromatic nitrogens is 4. The Morgan fingerprint density at radius 2 is 2.35 bits per heavy atom. The van der Waals surface area contributed by atoms with Gasteiger partial charge in [-0.2, -0.15) is 0 Å². The molecule has 3 rings (SSSR count). The maximum Gasteiger partial charge on any atom is 0.199 e. The average Bonchev–Trinajstić information content (AvgIpc) is 3.02. The Morgan fingerprint density at radius 1 is 1.55 bits per heavy atom. The van der Waals surface area contributed by atoms with Crippen LogP contribution in [0.4, 0.5) is 5.82 Å². The lowest BCUT2D eigenvalue weighted by molar-refractivity contribution is -0.137. The number of nitrogen functional groups attached to an aromatic ring is 1. The number of aliphatic hydroxyl groups excluding tert-OH is 2. The van der Waals surface area contributed by atoms with Crippen molar-refractivity contribution in [2.75, 3.05) is 26.1 Å². The summed E-state index contributed by atoms with van der Waals surface area (Å²) >= 11 is 0. The van der Waals surface area contributed by atoms with Gasteiger partial charge in [0.15, 0.2) is 17.2 Å². The van der Waals surface area contributed by atoms with E-state index in [9.17, 15) is 10.2 Å². The fraction of sp³-hybridized carbons (Fsp3) is 0.545. The second-order valence-electron chi connectivity index (χ2n) is 4.57. The van der Waals surface area contributed by atoms with Crippen LogP contribution < -0.4 is 5.73 Å². The van der Waals surface area contributed by atoms with Crippen molar-refractivity contribution in [1.82, 2.24) is 19.5 Å². The molecule has 3 heterocycles. The molecule has 9 heteroatoms. The number of imidazole rings is 1. The van der Waals surface area contributed by atoms with E-state index < -0.39 is 17.9 Å². The van der Waals surface area contributed by atoms with Gasteiger partial charge in [-0.1, -0.05) is 0 Å². The first-order valence-electron chi connectivity index (χ1n) is 6.03. The van der Waals surface area contributed by atoms with E-state index in [0.717, 1.165) is 0 Å². The Kier molecular flexibility index (Phi) is 3.05. The van der Waals surface area contributed by atoms with Gasteiger partial charge in [-0.15, -0.1) is 0 Å². The van der Waals surface area contributed by atoms with E-state index in [-0.39, 0.29) is 19.0 Å². The van der Waals surface area contributed by atoms with Gasteiger partial charge in [-0.3, -0.25) is 4.57 Å². The largest absolute Gasteiger partial charge is 0.394 e. The van der Waals surface area contributed by atoms with Crippen LogP contribution in [0.3, 0.4) is 0 Å². The van der Waals surface area contributed by atoms with E-state index in [1.54, 1.807) is 4.57 Å². The number of hydrogen-bond acceptors (Lipinski definition) is 8. The van der Waals surface area contributed by atoms with Crippen molar-refractivity contribution >= 4 is 17.0 Å². The highest BCUT2D eigenvalue weighted by Gasteiger charge is 2.52. The van der Waals surface area contributed by atoms with Crippen LogP contribution in [-0.2, 0) is 15.2 Å². The zero-order chi connectivity index (χ0) is 14.3. The van der Waals surface area contributed by atoms with Crippen molar-refractivity contribution in [1.29, 1.82) is 0 Å². The number of aliphatic hydroxyl groups is 2. The van der Waals surface area contributed by atoms with Gasteiger partial charge in [-0.25, -0.2) is 15.0 Å². The molecule has 3 unspecified atom stereocenters. The van der Waals surface area contributed by atoms with Crippen molar-refractivity contribution in [3.05, 3.63) is 12.7 Å². The number of fused-ring (bicyclic) bond motifs is 1. The molecular formula is C11H15N5O4. The molecule has 3 atom stereocenters. The van der Waals surface area contributed by atoms with Gasteiger partial charge in [-0.05, 0) is 0 Å². The minimum Gasteiger partial charge on any atom is -0.394 e. The third-order valence-electron chi connectivity index (χ3n) is 3.62. The molecule has 0 saturated carbocycles. The van der Waals surface area contributed by atoms with Crippen LogP contribution in [-0.4, -0.2) is 62.3 Å². The normalized spacial score (nSPS) is 30.1. The van der Waals surface area contributed by atoms with Gasteiger partial charge in [0.1, 0.15) is 24.1 Å². The van der Waals surface area contributed by atoms with Crippen molar-refractivity contribution in [3.8, 4) is 0 Å². The van der Waals surface area contributed by atoms with E-state index in [0.29, 0.717) is 11.2 Å². The molecule has 4 N–H and O–H groups in total. The quantitative estimate of drug-likeness (QED) is 0.617. The van der Waals surface area contributed by atoms with Crippen LogP contribution >= 0.6 is 0 Å². The average molecular weight is 281 g/mol. The minimum absolute atomic E-state index is 0.0608. The summed E-state index contributed by atoms with van der Waals surface area (Å²) in [5.74, 6) is 0.243. The highest BCUT2D eigenvalue weighted by atomic mass is 16.6. The van der Waals surface area contributed by atoms with Crippen molar-refractivity contribution < 1.29 is 19.7 Å². The second-order valence-corrected chi connectivity index (χ2v) is 4.57. The third kappa shape index (κ3) is 1.61. The Balaban J connectivity index is 2.15. The van der Waals surface area contributed by atoms with Crippen LogP contribution in [0.15, 0.2) is 12.7 Å². The minimum atomic E-state index is -1.21. The fourth-order valence-electron chi connectivity index (χ4n) is 2.47. The lowest BCUT2D eigenvalue weighted by atomic mass is 10.1. The third-order valence-corrected chi connectivity index (χ3v) is 3.62. The molecule has 2 aromatic rings. The van der Waals surface area contributed by atoms with Gasteiger partial charge in [0.25, 0.3) is 0 Å². The maximum atomic E-state index is 10.4. The van der Waals surface area contributed by atoms with Gasteiger partial charge in [0, 0.05) is 7.11 Å². The fourth-order valence-corrected chi connectivity index (χ4v) is 2.47. The molecule has 0 aromatic carbocycles. The zero-order valence-corrected chi connectivity index (χ0v) is 10.8. The molecule has 0 spiro atoms. The molecule has 1 aliphatic rings. The molecule has 0 aliphatic carbocycles. The van der Waals surface area contributed by atoms with Crippen LogP contribution in [0.1, 0.15) is 0 Å². The summed E-state index contributed by atoms with van der Waals surface area (Å²) in [4.78, 5) is 12.1. The number of rotatable bonds is 3. The second kappa shape index (κ2) is 4.63. The van der Waals surface area contributed by atoms with E-state index in [2.05, 4.69) is 15.0 Å². The van der Waals surface area contributed by atoms with Gasteiger partial charge in [0.2, 0.25) is 0 Å². The summed E-state index contributed by atoms with van der Waals surface area (Å²) in [7, 11) is 1.45. The number of nitrogens with two attached hydrogens (primary N) is 1. The standard InChI is InChI=1S/C11H15N5O4/c1-19-11(3-20-6(2-17)8(11)18)16-5-15-7-9(12)13-4-14-10(7)16/h4-6,8,17-18H,2-3H2,1H3,(H2,12,13,14). The molecule has 108 valence electrons. The number of hydrogen-bond donors (Lipinski definition) is 3. The van der Waals surface area contributed by atoms with Crippen LogP contribution in [0.5, 0.6) is 0 Å². The molecule has 9 nitrogen and oxygen atoms in total. The lowest BCUT2D eigenvalue weighted by Crippen LogP contribution is -2.48. The molecule has 1 fully saturated rings. The Labute approximate surface area is 114 Å². The zero-order valence-electron chi connectivity index (χ0n) is 10.8. The monoisotopic (exact) mass is 281 g/mol. The Morgan fingerprint density at radius 3 is 3.00 bits per heavy atom. The molecule has 1 aliphatic heterocycles. The summed E-state index contributed by atoms with van der Waals surface area (Å²) < 4.78 is 12.4. The number of anilines is 1. The predicted molar refractivity (Wildman–Crippen MR) is 67.6 cm³/mol. The van der Waals surface area contributed by atoms with E-state index >= 15 is 0 Å². The molecule has 0 radical (unpaired) electrons. The van der Waals surface area contributed by atoms with Crippen molar-refractivity contribution in [2.24, 2.45) is 0 Å². The smallest absolute Gasteiger partial charge is 0.199 e. The van der Waals surface area contributed by atoms with Crippen molar-refractivity contribution in [2.45, 2.75) is 17.9 Å². The molecular weight excluding hydrogens is 266 g/mol. The summed E-state index contributed by atoms with van der Waals surface area (Å²) in [6.07, 6.45) is 0.980. The lowest BCUT2D eigenvalue weighted by Gasteiger charge is -2.31. The summed E-state index contributed by atoms with van der Waals surface area (Å²) in [5, 5.41) is 19.6. The first-order valence-corrected chi connectivity index (χ1v) is 6.03. The van der Waals surface area contributed by atoms with E-state index in [4.69, 9.17) is 15.2 Å². The SMILES string of the molecule is COC1(n2cnc3c(N)ncnc32)COC(CO)C1O. The Hall–Kier alpha value is -1.81. The van der Waals surface area contributed by atoms with E-state index in [1.807, 2.05) is 0 Å². The van der Waals surface area contributed by atoms with Crippen LogP contribution in [0.2, 0.25) is 0 Å². The number of ether oxygens (including phenoxy) is 2. The number of nitrogens with zero attached hydrogens (tertiary/aromatic N) is 4. The molecule has 0 amide bonds. The molecule has 2 aromatic heterocycles. The molecule has 0 bridgehead atoms. The first-order chi connectivity index (χ1) is 9.64. The predicted octanol–water partition coefficient (Wildman–Crippen LogP) is -1.54. The van der Waals surface area contributed by atoms with Gasteiger partial charge in [0.05, 0.1) is 19.5 Å². The summed E-state index contributed by atoms with van der Waals surface area (Å²) in [5.41, 5.74) is 5.39. The topological polar surface area (TPSA) is 129 Å². The first kappa shape index (κ1) is 13.2. The maximum absolute atomic E-state index is 10.4. The summed E-state index contributed by atoms with van der Waals surface area (Å²) in [6, 6.07) is 0. The van der Waals surface area contributed by atoms with Crippen LogP contribution in [0.25, 0.3) is 11.2 Å². The van der Waals surface area contributed by atoms with E-state index in [1.165, 1.54) is 19.8 Å². The van der Waals surface area contributed by atoms with Crippen molar-refractivity contribution in [3.63, 3.8) is 0 Å². The molecule has 20 heavy (non-hydrogen) atoms. The highest BCUT2D eigenvalue weighted by Crippen LogP contribution is 2.35.